The summed E-state index contributed by atoms with van der Waals surface area (Å²) in [6.45, 7) is 3.73. The third-order valence-corrected chi connectivity index (χ3v) is 2.89. The van der Waals surface area contributed by atoms with Crippen LogP contribution in [-0.2, 0) is 0 Å². The number of aromatic nitrogens is 1. The minimum Gasteiger partial charge on any atom is -0.384 e. The van der Waals surface area contributed by atoms with E-state index >= 15 is 0 Å². The molecule has 17 heavy (non-hydrogen) atoms. The first-order chi connectivity index (χ1) is 8.09. The van der Waals surface area contributed by atoms with Crippen molar-refractivity contribution in [2.75, 3.05) is 0 Å². The van der Waals surface area contributed by atoms with Gasteiger partial charge in [0.25, 0.3) is 0 Å². The Labute approximate surface area is 99.8 Å². The fraction of sp³-hybridized carbons (Fsp3) is 0.214. The molecule has 1 aromatic heterocycles. The number of hydrogen-bond donors (Lipinski definition) is 1. The van der Waals surface area contributed by atoms with Crippen LogP contribution < -0.4 is 0 Å². The highest BCUT2D eigenvalue weighted by Gasteiger charge is 2.15. The van der Waals surface area contributed by atoms with E-state index in [2.05, 4.69) is 4.98 Å². The predicted octanol–water partition coefficient (Wildman–Crippen LogP) is 2.92. The molecule has 1 atom stereocenters. The van der Waals surface area contributed by atoms with Crippen molar-refractivity contribution in [1.29, 1.82) is 0 Å². The second-order valence-corrected chi connectivity index (χ2v) is 4.14. The summed E-state index contributed by atoms with van der Waals surface area (Å²) < 4.78 is 13.2. The van der Waals surface area contributed by atoms with E-state index < -0.39 is 6.10 Å². The van der Waals surface area contributed by atoms with Gasteiger partial charge in [0.1, 0.15) is 11.9 Å². The van der Waals surface area contributed by atoms with Crippen LogP contribution in [0.4, 0.5) is 4.39 Å². The van der Waals surface area contributed by atoms with Crippen molar-refractivity contribution < 1.29 is 9.50 Å². The maximum atomic E-state index is 13.2. The monoisotopic (exact) mass is 231 g/mol. The normalized spacial score (nSPS) is 12.5. The molecule has 88 valence electrons. The molecular weight excluding hydrogens is 217 g/mol. The largest absolute Gasteiger partial charge is 0.384 e. The van der Waals surface area contributed by atoms with Crippen LogP contribution in [0.15, 0.2) is 36.7 Å². The molecule has 2 nitrogen and oxygen atoms in total. The molecule has 2 aromatic rings. The molecule has 0 aliphatic rings. The van der Waals surface area contributed by atoms with E-state index in [0.29, 0.717) is 5.56 Å². The Balaban J connectivity index is 2.47. The number of aryl methyl sites for hydroxylation is 2. The highest BCUT2D eigenvalue weighted by atomic mass is 19.1. The number of rotatable bonds is 2. The first-order valence-electron chi connectivity index (χ1n) is 5.44. The van der Waals surface area contributed by atoms with Crippen LogP contribution in [0.5, 0.6) is 0 Å². The maximum absolute atomic E-state index is 13.2. The maximum Gasteiger partial charge on any atom is 0.123 e. The van der Waals surface area contributed by atoms with Crippen molar-refractivity contribution in [2.24, 2.45) is 0 Å². The molecule has 1 N–H and O–H groups in total. The van der Waals surface area contributed by atoms with Gasteiger partial charge in [0.2, 0.25) is 0 Å². The van der Waals surface area contributed by atoms with Gasteiger partial charge in [-0.2, -0.15) is 0 Å². The highest BCUT2D eigenvalue weighted by Crippen LogP contribution is 2.26. The lowest BCUT2D eigenvalue weighted by Gasteiger charge is -2.16. The Hall–Kier alpha value is -1.74. The third kappa shape index (κ3) is 2.34. The van der Waals surface area contributed by atoms with Crippen LogP contribution in [0, 0.1) is 19.7 Å². The first kappa shape index (κ1) is 11.7. The van der Waals surface area contributed by atoms with E-state index in [1.807, 2.05) is 13.8 Å². The fourth-order valence-corrected chi connectivity index (χ4v) is 1.86. The van der Waals surface area contributed by atoms with Crippen LogP contribution in [0.3, 0.4) is 0 Å². The van der Waals surface area contributed by atoms with Crippen LogP contribution in [0.25, 0.3) is 0 Å². The van der Waals surface area contributed by atoms with Crippen molar-refractivity contribution in [3.8, 4) is 0 Å². The van der Waals surface area contributed by atoms with Crippen molar-refractivity contribution in [2.45, 2.75) is 20.0 Å². The number of halogens is 1. The number of nitrogens with zero attached hydrogens (tertiary/aromatic N) is 1. The van der Waals surface area contributed by atoms with Crippen LogP contribution in [0.1, 0.15) is 28.4 Å². The van der Waals surface area contributed by atoms with Crippen LogP contribution in [0.2, 0.25) is 0 Å². The summed E-state index contributed by atoms with van der Waals surface area (Å²) >= 11 is 0. The Bertz CT molecular complexity index is 539. The van der Waals surface area contributed by atoms with Gasteiger partial charge in [-0.25, -0.2) is 4.39 Å². The Morgan fingerprint density at radius 1 is 1.12 bits per heavy atom. The van der Waals surface area contributed by atoms with Gasteiger partial charge in [-0.15, -0.1) is 0 Å². The molecule has 0 radical (unpaired) electrons. The Kier molecular flexibility index (Phi) is 3.20. The molecule has 3 heteroatoms. The molecule has 1 heterocycles. The van der Waals surface area contributed by atoms with Gasteiger partial charge in [0.05, 0.1) is 0 Å². The Morgan fingerprint density at radius 3 is 2.59 bits per heavy atom. The summed E-state index contributed by atoms with van der Waals surface area (Å²) in [6.07, 6.45) is 2.50. The summed E-state index contributed by atoms with van der Waals surface area (Å²) in [5, 5.41) is 10.3. The van der Waals surface area contributed by atoms with Crippen molar-refractivity contribution >= 4 is 0 Å². The average molecular weight is 231 g/mol. The van der Waals surface area contributed by atoms with Gasteiger partial charge in [-0.1, -0.05) is 6.07 Å². The third-order valence-electron chi connectivity index (χ3n) is 2.89. The number of aliphatic hydroxyl groups excluding tert-OH is 1. The zero-order valence-corrected chi connectivity index (χ0v) is 9.81. The molecule has 1 unspecified atom stereocenters. The smallest absolute Gasteiger partial charge is 0.123 e. The van der Waals surface area contributed by atoms with E-state index in [0.717, 1.165) is 16.7 Å². The standard InChI is InChI=1S/C14H14FNO/c1-9-3-4-11(15)7-13(9)14(17)12-5-6-16-8-10(12)2/h3-8,14,17H,1-2H3. The summed E-state index contributed by atoms with van der Waals surface area (Å²) in [5.74, 6) is -0.337. The second kappa shape index (κ2) is 4.63. The van der Waals surface area contributed by atoms with Crippen molar-refractivity contribution in [3.63, 3.8) is 0 Å². The fourth-order valence-electron chi connectivity index (χ4n) is 1.86. The van der Waals surface area contributed by atoms with Gasteiger partial charge in [0.15, 0.2) is 0 Å². The first-order valence-corrected chi connectivity index (χ1v) is 5.44. The molecule has 0 amide bonds. The zero-order chi connectivity index (χ0) is 12.4. The average Bonchev–Trinajstić information content (AvgIpc) is 2.32. The predicted molar refractivity (Wildman–Crippen MR) is 64.2 cm³/mol. The van der Waals surface area contributed by atoms with E-state index in [-0.39, 0.29) is 5.82 Å². The van der Waals surface area contributed by atoms with Gasteiger partial charge < -0.3 is 5.11 Å². The van der Waals surface area contributed by atoms with Gasteiger partial charge in [-0.05, 0) is 54.3 Å². The molecular formula is C14H14FNO. The summed E-state index contributed by atoms with van der Waals surface area (Å²) in [7, 11) is 0. The number of pyridine rings is 1. The molecule has 0 fully saturated rings. The molecule has 0 aliphatic carbocycles. The zero-order valence-electron chi connectivity index (χ0n) is 9.81. The summed E-state index contributed by atoms with van der Waals surface area (Å²) in [4.78, 5) is 3.98. The number of aliphatic hydroxyl groups is 1. The Morgan fingerprint density at radius 2 is 1.88 bits per heavy atom. The SMILES string of the molecule is Cc1cnccc1C(O)c1cc(F)ccc1C. The molecule has 0 spiro atoms. The quantitative estimate of drug-likeness (QED) is 0.862. The summed E-state index contributed by atoms with van der Waals surface area (Å²) in [6, 6.07) is 6.19. The molecule has 0 saturated heterocycles. The highest BCUT2D eigenvalue weighted by molar-refractivity contribution is 5.37. The van der Waals surface area contributed by atoms with Gasteiger partial charge in [-0.3, -0.25) is 4.98 Å². The van der Waals surface area contributed by atoms with E-state index in [1.165, 1.54) is 12.1 Å². The summed E-state index contributed by atoms with van der Waals surface area (Å²) in [5.41, 5.74) is 3.12. The lowest BCUT2D eigenvalue weighted by atomic mass is 9.96. The molecule has 0 bridgehead atoms. The molecule has 1 aromatic carbocycles. The number of benzene rings is 1. The van der Waals surface area contributed by atoms with Crippen LogP contribution >= 0.6 is 0 Å². The topological polar surface area (TPSA) is 33.1 Å². The minimum absolute atomic E-state index is 0.337. The van der Waals surface area contributed by atoms with Gasteiger partial charge >= 0.3 is 0 Å². The van der Waals surface area contributed by atoms with Gasteiger partial charge in [0, 0.05) is 12.4 Å². The van der Waals surface area contributed by atoms with Crippen molar-refractivity contribution in [3.05, 3.63) is 64.7 Å². The van der Waals surface area contributed by atoms with Crippen LogP contribution in [-0.4, -0.2) is 10.1 Å². The number of hydrogen-bond acceptors (Lipinski definition) is 2. The van der Waals surface area contributed by atoms with E-state index in [1.54, 1.807) is 24.5 Å². The lowest BCUT2D eigenvalue weighted by Crippen LogP contribution is -2.04. The molecule has 0 saturated carbocycles. The van der Waals surface area contributed by atoms with E-state index in [9.17, 15) is 9.50 Å². The minimum atomic E-state index is -0.811. The van der Waals surface area contributed by atoms with Crippen molar-refractivity contribution in [1.82, 2.24) is 4.98 Å². The molecule has 2 rings (SSSR count). The molecule has 0 aliphatic heterocycles. The second-order valence-electron chi connectivity index (χ2n) is 4.14. The lowest BCUT2D eigenvalue weighted by molar-refractivity contribution is 0.218. The van der Waals surface area contributed by atoms with E-state index in [4.69, 9.17) is 0 Å².